The molecular weight excluding hydrogens is 396 g/mol. The van der Waals surface area contributed by atoms with Gasteiger partial charge in [-0.25, -0.2) is 4.68 Å². The zero-order valence-corrected chi connectivity index (χ0v) is 17.0. The van der Waals surface area contributed by atoms with Gasteiger partial charge in [0, 0.05) is 11.4 Å². The summed E-state index contributed by atoms with van der Waals surface area (Å²) >= 11 is 6.85. The van der Waals surface area contributed by atoms with E-state index in [2.05, 4.69) is 10.4 Å². The molecule has 0 bridgehead atoms. The van der Waals surface area contributed by atoms with Crippen LogP contribution >= 0.6 is 11.6 Å². The molecule has 0 radical (unpaired) electrons. The highest BCUT2D eigenvalue weighted by molar-refractivity contribution is 6.31. The van der Waals surface area contributed by atoms with Crippen LogP contribution in [0.3, 0.4) is 0 Å². The Labute approximate surface area is 179 Å². The van der Waals surface area contributed by atoms with Gasteiger partial charge in [-0.1, -0.05) is 60.1 Å². The fourth-order valence-corrected chi connectivity index (χ4v) is 4.25. The Hall–Kier alpha value is -3.57. The lowest BCUT2D eigenvalue weighted by molar-refractivity contribution is 0.0975. The third kappa shape index (κ3) is 2.95. The Morgan fingerprint density at radius 2 is 1.47 bits per heavy atom. The summed E-state index contributed by atoms with van der Waals surface area (Å²) in [6.45, 7) is 1.91. The van der Waals surface area contributed by atoms with E-state index in [0.717, 1.165) is 28.3 Å². The maximum atomic E-state index is 13.5. The number of aromatic nitrogens is 2. The molecule has 1 N–H and O–H groups in total. The normalized spacial score (nSPS) is 15.6. The number of benzene rings is 3. The van der Waals surface area contributed by atoms with Gasteiger partial charge in [0.2, 0.25) is 0 Å². The van der Waals surface area contributed by atoms with Crippen LogP contribution in [0.25, 0.3) is 5.69 Å². The number of hydrogen-bond donors (Lipinski definition) is 1. The SMILES string of the molecule is Cc1nn(-c2ccccc2)c(Cl)c1[C@H]1Nc2ccccc2C(=O)N1c1ccccc1. The zero-order chi connectivity index (χ0) is 20.7. The van der Waals surface area contributed by atoms with E-state index >= 15 is 0 Å². The van der Waals surface area contributed by atoms with Gasteiger partial charge < -0.3 is 5.32 Å². The average Bonchev–Trinajstić information content (AvgIpc) is 3.08. The molecule has 2 heterocycles. The molecule has 5 nitrogen and oxygen atoms in total. The van der Waals surface area contributed by atoms with E-state index in [-0.39, 0.29) is 5.91 Å². The second-order valence-corrected chi connectivity index (χ2v) is 7.50. The van der Waals surface area contributed by atoms with Gasteiger partial charge in [0.1, 0.15) is 11.3 Å². The molecule has 0 aliphatic carbocycles. The summed E-state index contributed by atoms with van der Waals surface area (Å²) in [5.74, 6) is -0.0801. The Kier molecular flexibility index (Phi) is 4.52. The maximum absolute atomic E-state index is 13.5. The number of rotatable bonds is 3. The molecule has 6 heteroatoms. The predicted octanol–water partition coefficient (Wildman–Crippen LogP) is 5.61. The van der Waals surface area contributed by atoms with E-state index in [9.17, 15) is 4.79 Å². The molecule has 1 aliphatic heterocycles. The molecule has 5 rings (SSSR count). The molecule has 0 saturated carbocycles. The van der Waals surface area contributed by atoms with Crippen molar-refractivity contribution >= 4 is 28.9 Å². The standard InChI is InChI=1S/C24H19ClN4O/c1-16-21(22(25)29(27-16)18-12-6-3-7-13-18)23-26-20-15-9-8-14-19(20)24(30)28(23)17-10-4-2-5-11-17/h2-15,23,26H,1H3/t23-/m0/s1. The van der Waals surface area contributed by atoms with Gasteiger partial charge >= 0.3 is 0 Å². The topological polar surface area (TPSA) is 50.2 Å². The van der Waals surface area contributed by atoms with Crippen LogP contribution in [0.15, 0.2) is 84.9 Å². The summed E-state index contributed by atoms with van der Waals surface area (Å²) in [4.78, 5) is 15.3. The summed E-state index contributed by atoms with van der Waals surface area (Å²) in [5, 5.41) is 8.65. The third-order valence-corrected chi connectivity index (χ3v) is 5.65. The van der Waals surface area contributed by atoms with Gasteiger partial charge in [0.15, 0.2) is 0 Å². The van der Waals surface area contributed by atoms with Crippen molar-refractivity contribution in [2.24, 2.45) is 0 Å². The van der Waals surface area contributed by atoms with Crippen molar-refractivity contribution in [2.75, 3.05) is 10.2 Å². The van der Waals surface area contributed by atoms with Gasteiger partial charge in [-0.05, 0) is 43.3 Å². The van der Waals surface area contributed by atoms with Crippen molar-refractivity contribution in [3.05, 3.63) is 107 Å². The van der Waals surface area contributed by atoms with E-state index in [1.54, 1.807) is 9.58 Å². The van der Waals surface area contributed by atoms with Crippen molar-refractivity contribution in [3.63, 3.8) is 0 Å². The minimum atomic E-state index is -0.486. The molecule has 1 aliphatic rings. The number of aryl methyl sites for hydroxylation is 1. The largest absolute Gasteiger partial charge is 0.360 e. The number of nitrogens with one attached hydrogen (secondary N) is 1. The van der Waals surface area contributed by atoms with Crippen molar-refractivity contribution in [2.45, 2.75) is 13.1 Å². The monoisotopic (exact) mass is 414 g/mol. The summed E-state index contributed by atoms with van der Waals surface area (Å²) in [5.41, 5.74) is 4.59. The minimum absolute atomic E-state index is 0.0801. The number of anilines is 2. The number of carbonyl (C=O) groups excluding carboxylic acids is 1. The van der Waals surface area contributed by atoms with Gasteiger partial charge in [-0.2, -0.15) is 5.10 Å². The molecular formula is C24H19ClN4O. The van der Waals surface area contributed by atoms with Gasteiger partial charge in [-0.15, -0.1) is 0 Å². The second-order valence-electron chi connectivity index (χ2n) is 7.14. The van der Waals surface area contributed by atoms with Crippen molar-refractivity contribution in [3.8, 4) is 5.69 Å². The summed E-state index contributed by atoms with van der Waals surface area (Å²) in [6.07, 6.45) is -0.486. The molecule has 0 spiro atoms. The zero-order valence-electron chi connectivity index (χ0n) is 16.3. The molecule has 3 aromatic carbocycles. The minimum Gasteiger partial charge on any atom is -0.360 e. The molecule has 0 fully saturated rings. The Morgan fingerprint density at radius 1 is 0.867 bits per heavy atom. The molecule has 148 valence electrons. The van der Waals surface area contributed by atoms with Crippen LogP contribution in [0.4, 0.5) is 11.4 Å². The van der Waals surface area contributed by atoms with E-state index in [1.165, 1.54) is 0 Å². The smallest absolute Gasteiger partial charge is 0.262 e. The van der Waals surface area contributed by atoms with Crippen LogP contribution in [0.2, 0.25) is 5.15 Å². The number of amides is 1. The van der Waals surface area contributed by atoms with Gasteiger partial charge in [0.05, 0.1) is 22.5 Å². The number of nitrogens with zero attached hydrogens (tertiary/aromatic N) is 3. The number of para-hydroxylation sites is 3. The van der Waals surface area contributed by atoms with E-state index in [0.29, 0.717) is 10.7 Å². The fraction of sp³-hybridized carbons (Fsp3) is 0.0833. The first-order chi connectivity index (χ1) is 14.6. The maximum Gasteiger partial charge on any atom is 0.262 e. The fourth-order valence-electron chi connectivity index (χ4n) is 3.87. The van der Waals surface area contributed by atoms with Gasteiger partial charge in [-0.3, -0.25) is 9.69 Å². The first-order valence-corrected chi connectivity index (χ1v) is 10.1. The van der Waals surface area contributed by atoms with E-state index in [4.69, 9.17) is 11.6 Å². The molecule has 0 unspecified atom stereocenters. The second kappa shape index (κ2) is 7.35. The van der Waals surface area contributed by atoms with Crippen LogP contribution in [-0.2, 0) is 0 Å². The Bertz CT molecular complexity index is 1220. The van der Waals surface area contributed by atoms with Crippen LogP contribution in [0.1, 0.15) is 27.8 Å². The molecule has 1 atom stereocenters. The van der Waals surface area contributed by atoms with Crippen LogP contribution in [-0.4, -0.2) is 15.7 Å². The molecule has 1 aromatic heterocycles. The van der Waals surface area contributed by atoms with Crippen LogP contribution < -0.4 is 10.2 Å². The molecule has 4 aromatic rings. The third-order valence-electron chi connectivity index (χ3n) is 5.28. The van der Waals surface area contributed by atoms with E-state index in [1.807, 2.05) is 91.9 Å². The number of fused-ring (bicyclic) bond motifs is 1. The lowest BCUT2D eigenvalue weighted by Gasteiger charge is -2.38. The number of hydrogen-bond acceptors (Lipinski definition) is 3. The van der Waals surface area contributed by atoms with Crippen molar-refractivity contribution in [1.82, 2.24) is 9.78 Å². The highest BCUT2D eigenvalue weighted by atomic mass is 35.5. The lowest BCUT2D eigenvalue weighted by Crippen LogP contribution is -2.43. The number of carbonyl (C=O) groups is 1. The lowest BCUT2D eigenvalue weighted by atomic mass is 10.0. The number of halogens is 1. The quantitative estimate of drug-likeness (QED) is 0.474. The molecule has 1 amide bonds. The first kappa shape index (κ1) is 18.5. The van der Waals surface area contributed by atoms with Crippen LogP contribution in [0, 0.1) is 6.92 Å². The molecule has 0 saturated heterocycles. The Morgan fingerprint density at radius 3 is 2.17 bits per heavy atom. The van der Waals surface area contributed by atoms with Gasteiger partial charge in [0.25, 0.3) is 5.91 Å². The highest BCUT2D eigenvalue weighted by Gasteiger charge is 2.37. The highest BCUT2D eigenvalue weighted by Crippen LogP contribution is 2.40. The van der Waals surface area contributed by atoms with Crippen LogP contribution in [0.5, 0.6) is 0 Å². The Balaban J connectivity index is 1.69. The van der Waals surface area contributed by atoms with E-state index < -0.39 is 6.17 Å². The van der Waals surface area contributed by atoms with Crippen molar-refractivity contribution in [1.29, 1.82) is 0 Å². The summed E-state index contributed by atoms with van der Waals surface area (Å²) < 4.78 is 1.71. The average molecular weight is 415 g/mol. The van der Waals surface area contributed by atoms with Crippen molar-refractivity contribution < 1.29 is 4.79 Å². The molecule has 30 heavy (non-hydrogen) atoms. The summed E-state index contributed by atoms with van der Waals surface area (Å²) in [7, 11) is 0. The predicted molar refractivity (Wildman–Crippen MR) is 119 cm³/mol. The first-order valence-electron chi connectivity index (χ1n) is 9.70. The summed E-state index contributed by atoms with van der Waals surface area (Å²) in [6, 6.07) is 26.9.